The van der Waals surface area contributed by atoms with E-state index in [1.54, 1.807) is 31.5 Å². The second-order valence-electron chi connectivity index (χ2n) is 4.30. The molecule has 1 aromatic carbocycles. The molecule has 7 heteroatoms. The number of ether oxygens (including phenoxy) is 2. The van der Waals surface area contributed by atoms with Crippen LogP contribution in [0.4, 0.5) is 8.78 Å². The van der Waals surface area contributed by atoms with Gasteiger partial charge in [0.2, 0.25) is 0 Å². The SMILES string of the molecule is CCOc1cc(CNCc2cn[nH]c2)ccc1OC(F)F. The summed E-state index contributed by atoms with van der Waals surface area (Å²) in [6.45, 7) is 0.548. The van der Waals surface area contributed by atoms with E-state index in [0.29, 0.717) is 25.4 Å². The summed E-state index contributed by atoms with van der Waals surface area (Å²) in [6.07, 6.45) is 3.54. The van der Waals surface area contributed by atoms with Crippen LogP contribution >= 0.6 is 0 Å². The molecule has 2 N–H and O–H groups in total. The van der Waals surface area contributed by atoms with Crippen LogP contribution in [0.15, 0.2) is 30.6 Å². The average Bonchev–Trinajstić information content (AvgIpc) is 2.94. The topological polar surface area (TPSA) is 59.2 Å². The van der Waals surface area contributed by atoms with Gasteiger partial charge in [-0.05, 0) is 24.6 Å². The first-order valence-electron chi connectivity index (χ1n) is 6.58. The van der Waals surface area contributed by atoms with Crippen molar-refractivity contribution in [2.24, 2.45) is 0 Å². The maximum Gasteiger partial charge on any atom is 0.387 e. The van der Waals surface area contributed by atoms with Gasteiger partial charge in [0.15, 0.2) is 11.5 Å². The van der Waals surface area contributed by atoms with Gasteiger partial charge in [0.05, 0.1) is 12.8 Å². The summed E-state index contributed by atoms with van der Waals surface area (Å²) in [4.78, 5) is 0. The minimum atomic E-state index is -2.87. The molecule has 114 valence electrons. The van der Waals surface area contributed by atoms with Crippen molar-refractivity contribution in [1.29, 1.82) is 0 Å². The maximum absolute atomic E-state index is 12.3. The first-order chi connectivity index (χ1) is 10.2. The van der Waals surface area contributed by atoms with Crippen molar-refractivity contribution >= 4 is 0 Å². The van der Waals surface area contributed by atoms with Crippen LogP contribution in [0.2, 0.25) is 0 Å². The molecule has 0 aliphatic carbocycles. The zero-order valence-electron chi connectivity index (χ0n) is 11.6. The van der Waals surface area contributed by atoms with E-state index in [9.17, 15) is 8.78 Å². The van der Waals surface area contributed by atoms with E-state index >= 15 is 0 Å². The predicted molar refractivity (Wildman–Crippen MR) is 73.4 cm³/mol. The highest BCUT2D eigenvalue weighted by atomic mass is 19.3. The summed E-state index contributed by atoms with van der Waals surface area (Å²) >= 11 is 0. The van der Waals surface area contributed by atoms with E-state index in [0.717, 1.165) is 11.1 Å². The van der Waals surface area contributed by atoms with Crippen LogP contribution in [-0.2, 0) is 13.1 Å². The van der Waals surface area contributed by atoms with Gasteiger partial charge in [-0.15, -0.1) is 0 Å². The lowest BCUT2D eigenvalue weighted by atomic mass is 10.2. The smallest absolute Gasteiger partial charge is 0.387 e. The Bertz CT molecular complexity index is 547. The third-order valence-corrected chi connectivity index (χ3v) is 2.74. The highest BCUT2D eigenvalue weighted by Crippen LogP contribution is 2.29. The van der Waals surface area contributed by atoms with Crippen molar-refractivity contribution in [1.82, 2.24) is 15.5 Å². The Balaban J connectivity index is 1.97. The van der Waals surface area contributed by atoms with Crippen LogP contribution in [-0.4, -0.2) is 23.4 Å². The molecule has 0 saturated heterocycles. The van der Waals surface area contributed by atoms with Gasteiger partial charge in [-0.25, -0.2) is 0 Å². The third kappa shape index (κ3) is 4.71. The highest BCUT2D eigenvalue weighted by Gasteiger charge is 2.11. The van der Waals surface area contributed by atoms with Crippen molar-refractivity contribution < 1.29 is 18.3 Å². The average molecular weight is 297 g/mol. The van der Waals surface area contributed by atoms with Crippen LogP contribution in [0, 0.1) is 0 Å². The molecule has 0 unspecified atom stereocenters. The van der Waals surface area contributed by atoms with Gasteiger partial charge in [-0.1, -0.05) is 6.07 Å². The Morgan fingerprint density at radius 3 is 2.71 bits per heavy atom. The molecule has 1 aromatic heterocycles. The fourth-order valence-electron chi connectivity index (χ4n) is 1.85. The summed E-state index contributed by atoms with van der Waals surface area (Å²) in [5, 5.41) is 9.81. The molecule has 2 aromatic rings. The van der Waals surface area contributed by atoms with Crippen LogP contribution < -0.4 is 14.8 Å². The first-order valence-corrected chi connectivity index (χ1v) is 6.58. The minimum absolute atomic E-state index is 0.0467. The highest BCUT2D eigenvalue weighted by molar-refractivity contribution is 5.43. The molecular formula is C14H17F2N3O2. The summed E-state index contributed by atoms with van der Waals surface area (Å²) in [5.41, 5.74) is 1.96. The summed E-state index contributed by atoms with van der Waals surface area (Å²) in [6, 6.07) is 4.91. The quantitative estimate of drug-likeness (QED) is 0.786. The largest absolute Gasteiger partial charge is 0.490 e. The van der Waals surface area contributed by atoms with Gasteiger partial charge in [-0.3, -0.25) is 5.10 Å². The number of halogens is 2. The van der Waals surface area contributed by atoms with Gasteiger partial charge in [0, 0.05) is 24.8 Å². The Kier molecular flexibility index (Phi) is 5.51. The lowest BCUT2D eigenvalue weighted by molar-refractivity contribution is -0.0514. The number of aromatic amines is 1. The number of rotatable bonds is 8. The van der Waals surface area contributed by atoms with Crippen LogP contribution in [0.25, 0.3) is 0 Å². The normalized spacial score (nSPS) is 10.9. The standard InChI is InChI=1S/C14H17F2N3O2/c1-2-20-13-5-10(3-4-12(13)21-14(15)16)6-17-7-11-8-18-19-9-11/h3-5,8-9,14,17H,2,6-7H2,1H3,(H,18,19). The molecule has 0 radical (unpaired) electrons. The third-order valence-electron chi connectivity index (χ3n) is 2.74. The summed E-state index contributed by atoms with van der Waals surface area (Å²) < 4.78 is 34.4. The molecule has 0 atom stereocenters. The molecular weight excluding hydrogens is 280 g/mol. The molecule has 0 bridgehead atoms. The summed E-state index contributed by atoms with van der Waals surface area (Å²) in [5.74, 6) is 0.367. The molecule has 1 heterocycles. The molecule has 0 amide bonds. The first kappa shape index (κ1) is 15.2. The van der Waals surface area contributed by atoms with Gasteiger partial charge >= 0.3 is 6.61 Å². The van der Waals surface area contributed by atoms with Crippen molar-refractivity contribution in [3.05, 3.63) is 41.7 Å². The number of aromatic nitrogens is 2. The zero-order valence-corrected chi connectivity index (χ0v) is 11.6. The van der Waals surface area contributed by atoms with Crippen LogP contribution in [0.5, 0.6) is 11.5 Å². The predicted octanol–water partition coefficient (Wildman–Crippen LogP) is 2.70. The van der Waals surface area contributed by atoms with Crippen LogP contribution in [0.3, 0.4) is 0 Å². The lowest BCUT2D eigenvalue weighted by Crippen LogP contribution is -2.12. The Morgan fingerprint density at radius 2 is 2.05 bits per heavy atom. The fourth-order valence-corrected chi connectivity index (χ4v) is 1.85. The number of nitrogens with one attached hydrogen (secondary N) is 2. The number of H-pyrrole nitrogens is 1. The number of alkyl halides is 2. The Labute approximate surface area is 121 Å². The van der Waals surface area contributed by atoms with Gasteiger partial charge < -0.3 is 14.8 Å². The van der Waals surface area contributed by atoms with E-state index in [2.05, 4.69) is 20.3 Å². The van der Waals surface area contributed by atoms with Crippen molar-refractivity contribution in [2.45, 2.75) is 26.6 Å². The number of nitrogens with zero attached hydrogens (tertiary/aromatic N) is 1. The maximum atomic E-state index is 12.3. The number of hydrogen-bond acceptors (Lipinski definition) is 4. The van der Waals surface area contributed by atoms with Gasteiger partial charge in [0.25, 0.3) is 0 Å². The monoisotopic (exact) mass is 297 g/mol. The molecule has 5 nitrogen and oxygen atoms in total. The minimum Gasteiger partial charge on any atom is -0.490 e. The Hall–Kier alpha value is -2.15. The van der Waals surface area contributed by atoms with E-state index in [1.165, 1.54) is 6.07 Å². The molecule has 0 aliphatic heterocycles. The van der Waals surface area contributed by atoms with E-state index in [4.69, 9.17) is 4.74 Å². The van der Waals surface area contributed by atoms with Crippen LogP contribution in [0.1, 0.15) is 18.1 Å². The van der Waals surface area contributed by atoms with Gasteiger partial charge in [-0.2, -0.15) is 13.9 Å². The lowest BCUT2D eigenvalue weighted by Gasteiger charge is -2.13. The molecule has 0 saturated carbocycles. The second-order valence-corrected chi connectivity index (χ2v) is 4.30. The number of hydrogen-bond donors (Lipinski definition) is 2. The van der Waals surface area contributed by atoms with Crippen molar-refractivity contribution in [3.8, 4) is 11.5 Å². The fraction of sp³-hybridized carbons (Fsp3) is 0.357. The molecule has 21 heavy (non-hydrogen) atoms. The molecule has 0 aliphatic rings. The number of benzene rings is 1. The molecule has 2 rings (SSSR count). The van der Waals surface area contributed by atoms with Gasteiger partial charge in [0.1, 0.15) is 0 Å². The zero-order chi connectivity index (χ0) is 15.1. The van der Waals surface area contributed by atoms with E-state index in [1.807, 2.05) is 0 Å². The van der Waals surface area contributed by atoms with E-state index < -0.39 is 6.61 Å². The molecule has 0 fully saturated rings. The van der Waals surface area contributed by atoms with Crippen molar-refractivity contribution in [3.63, 3.8) is 0 Å². The van der Waals surface area contributed by atoms with Crippen molar-refractivity contribution in [2.75, 3.05) is 6.61 Å². The van der Waals surface area contributed by atoms with E-state index in [-0.39, 0.29) is 5.75 Å². The second kappa shape index (κ2) is 7.58. The molecule has 0 spiro atoms. The Morgan fingerprint density at radius 1 is 1.24 bits per heavy atom. The summed E-state index contributed by atoms with van der Waals surface area (Å²) in [7, 11) is 0.